The summed E-state index contributed by atoms with van der Waals surface area (Å²) in [5.74, 6) is 0. The molecular formula is C36H75MoN+4. The molecule has 1 nitrogen and oxygen atoms in total. The first-order valence-corrected chi connectivity index (χ1v) is 18.1. The van der Waals surface area contributed by atoms with Gasteiger partial charge in [0.2, 0.25) is 0 Å². The molecule has 0 atom stereocenters. The third kappa shape index (κ3) is 34.7. The van der Waals surface area contributed by atoms with Gasteiger partial charge in [-0.2, -0.15) is 0 Å². The van der Waals surface area contributed by atoms with Gasteiger partial charge in [0.25, 0.3) is 0 Å². The molecule has 0 spiro atoms. The van der Waals surface area contributed by atoms with Crippen molar-refractivity contribution in [3.05, 3.63) is 0 Å². The van der Waals surface area contributed by atoms with E-state index in [4.69, 9.17) is 0 Å². The first-order valence-electron chi connectivity index (χ1n) is 18.1. The second-order valence-corrected chi connectivity index (χ2v) is 12.4. The fourth-order valence-corrected chi connectivity index (χ4v) is 5.80. The van der Waals surface area contributed by atoms with Crippen LogP contribution in [0.1, 0.15) is 213 Å². The van der Waals surface area contributed by atoms with Gasteiger partial charge in [-0.25, -0.2) is 0 Å². The summed E-state index contributed by atoms with van der Waals surface area (Å²) in [6.45, 7) is 11.0. The molecule has 0 bridgehead atoms. The van der Waals surface area contributed by atoms with Crippen molar-refractivity contribution in [3.63, 3.8) is 0 Å². The normalized spacial score (nSPS) is 11.4. The van der Waals surface area contributed by atoms with Crippen LogP contribution in [0.15, 0.2) is 0 Å². The van der Waals surface area contributed by atoms with Crippen molar-refractivity contribution in [2.45, 2.75) is 213 Å². The van der Waals surface area contributed by atoms with Crippen LogP contribution in [0.4, 0.5) is 0 Å². The Morgan fingerprint density at radius 1 is 0.237 bits per heavy atom. The Labute approximate surface area is 258 Å². The van der Waals surface area contributed by atoms with Crippen molar-refractivity contribution in [1.82, 2.24) is 4.90 Å². The maximum atomic E-state index is 2.85. The molecule has 0 aliphatic rings. The smallest absolute Gasteiger partial charge is 0.303 e. The standard InChI is InChI=1S/C36H75N.Mo/c1-4-7-10-13-16-19-22-25-28-31-34-37(35-32-29-26-23-20-17-14-11-8-5-2)36-33-30-27-24-21-18-15-12-9-6-3;/h4-36H2,1-3H3;/q;+4. The predicted molar refractivity (Wildman–Crippen MR) is 172 cm³/mol. The Hall–Kier alpha value is 0.648. The molecule has 0 radical (unpaired) electrons. The second-order valence-electron chi connectivity index (χ2n) is 12.4. The van der Waals surface area contributed by atoms with Gasteiger partial charge in [-0.1, -0.05) is 194 Å². The Bertz CT molecular complexity index is 328. The third-order valence-corrected chi connectivity index (χ3v) is 8.48. The first-order chi connectivity index (χ1) is 18.3. The van der Waals surface area contributed by atoms with Crippen LogP contribution in [0.2, 0.25) is 0 Å². The Morgan fingerprint density at radius 3 is 0.579 bits per heavy atom. The molecule has 226 valence electrons. The van der Waals surface area contributed by atoms with Crippen LogP contribution in [0.5, 0.6) is 0 Å². The molecule has 0 saturated heterocycles. The van der Waals surface area contributed by atoms with Gasteiger partial charge in [0.15, 0.2) is 0 Å². The number of nitrogens with zero attached hydrogens (tertiary/aromatic N) is 1. The molecule has 0 aromatic rings. The third-order valence-electron chi connectivity index (χ3n) is 8.48. The fourth-order valence-electron chi connectivity index (χ4n) is 5.80. The quantitative estimate of drug-likeness (QED) is 0.0523. The first kappa shape index (κ1) is 40.8. The Morgan fingerprint density at radius 2 is 0.395 bits per heavy atom. The average Bonchev–Trinajstić information content (AvgIpc) is 2.91. The summed E-state index contributed by atoms with van der Waals surface area (Å²) in [5.41, 5.74) is 0. The maximum absolute atomic E-state index is 2.85. The largest absolute Gasteiger partial charge is 4.00 e. The van der Waals surface area contributed by atoms with Gasteiger partial charge in [-0.3, -0.25) is 0 Å². The molecule has 0 heterocycles. The molecule has 0 aromatic heterocycles. The summed E-state index contributed by atoms with van der Waals surface area (Å²) >= 11 is 0. The summed E-state index contributed by atoms with van der Waals surface area (Å²) in [4.78, 5) is 2.85. The van der Waals surface area contributed by atoms with Gasteiger partial charge in [0, 0.05) is 0 Å². The maximum Gasteiger partial charge on any atom is 4.00 e. The zero-order chi connectivity index (χ0) is 26.9. The summed E-state index contributed by atoms with van der Waals surface area (Å²) in [5, 5.41) is 0. The Balaban J connectivity index is 0. The van der Waals surface area contributed by atoms with E-state index in [0.29, 0.717) is 0 Å². The zero-order valence-corrected chi connectivity index (χ0v) is 29.2. The second kappa shape index (κ2) is 37.6. The summed E-state index contributed by atoms with van der Waals surface area (Å²) < 4.78 is 0. The van der Waals surface area contributed by atoms with Crippen LogP contribution in [-0.4, -0.2) is 24.5 Å². The van der Waals surface area contributed by atoms with Crippen molar-refractivity contribution < 1.29 is 21.1 Å². The molecule has 0 aliphatic carbocycles. The minimum atomic E-state index is 0. The molecule has 0 rings (SSSR count). The van der Waals surface area contributed by atoms with Crippen LogP contribution < -0.4 is 0 Å². The molecule has 0 fully saturated rings. The van der Waals surface area contributed by atoms with E-state index in [9.17, 15) is 0 Å². The van der Waals surface area contributed by atoms with Crippen LogP contribution >= 0.6 is 0 Å². The van der Waals surface area contributed by atoms with Crippen LogP contribution in [-0.2, 0) is 21.1 Å². The minimum absolute atomic E-state index is 0. The molecule has 0 saturated carbocycles. The van der Waals surface area contributed by atoms with Crippen LogP contribution in [0.25, 0.3) is 0 Å². The van der Waals surface area contributed by atoms with E-state index < -0.39 is 0 Å². The molecule has 0 N–H and O–H groups in total. The summed E-state index contributed by atoms with van der Waals surface area (Å²) in [7, 11) is 0. The zero-order valence-electron chi connectivity index (χ0n) is 27.2. The van der Waals surface area contributed by atoms with E-state index >= 15 is 0 Å². The number of unbranched alkanes of at least 4 members (excludes halogenated alkanes) is 27. The fraction of sp³-hybridized carbons (Fsp3) is 1.00. The van der Waals surface area contributed by atoms with Crippen molar-refractivity contribution in [2.24, 2.45) is 0 Å². The van der Waals surface area contributed by atoms with Gasteiger partial charge in [-0.15, -0.1) is 0 Å². The number of rotatable bonds is 33. The SMILES string of the molecule is CCCCCCCCCCCCN(CCCCCCCCCCCC)CCCCCCCCCCCC.[Mo+4]. The van der Waals surface area contributed by atoms with E-state index in [1.165, 1.54) is 212 Å². The van der Waals surface area contributed by atoms with Gasteiger partial charge in [0.1, 0.15) is 0 Å². The molecule has 0 amide bonds. The predicted octanol–water partition coefficient (Wildman–Crippen LogP) is 13.0. The van der Waals surface area contributed by atoms with E-state index in [1.807, 2.05) is 0 Å². The summed E-state index contributed by atoms with van der Waals surface area (Å²) in [6, 6.07) is 0. The van der Waals surface area contributed by atoms with Crippen LogP contribution in [0.3, 0.4) is 0 Å². The molecule has 38 heavy (non-hydrogen) atoms. The van der Waals surface area contributed by atoms with E-state index in [0.717, 1.165) is 0 Å². The molecule has 2 heteroatoms. The minimum Gasteiger partial charge on any atom is -0.303 e. The van der Waals surface area contributed by atoms with Crippen molar-refractivity contribution in [1.29, 1.82) is 0 Å². The van der Waals surface area contributed by atoms with E-state index in [1.54, 1.807) is 0 Å². The van der Waals surface area contributed by atoms with Crippen molar-refractivity contribution >= 4 is 0 Å². The van der Waals surface area contributed by atoms with Gasteiger partial charge >= 0.3 is 21.1 Å². The van der Waals surface area contributed by atoms with Crippen LogP contribution in [0, 0.1) is 0 Å². The van der Waals surface area contributed by atoms with Crippen molar-refractivity contribution in [3.8, 4) is 0 Å². The van der Waals surface area contributed by atoms with Gasteiger partial charge in [0.05, 0.1) is 0 Å². The number of hydrogen-bond donors (Lipinski definition) is 0. The van der Waals surface area contributed by atoms with Gasteiger partial charge < -0.3 is 4.90 Å². The molecular weight excluding hydrogens is 542 g/mol. The molecule has 0 unspecified atom stereocenters. The van der Waals surface area contributed by atoms with E-state index in [-0.39, 0.29) is 21.1 Å². The van der Waals surface area contributed by atoms with Gasteiger partial charge in [-0.05, 0) is 38.9 Å². The monoisotopic (exact) mass is 619 g/mol. The molecule has 0 aliphatic heterocycles. The number of hydrogen-bond acceptors (Lipinski definition) is 1. The Kier molecular flexibility index (Phi) is 40.4. The topological polar surface area (TPSA) is 3.24 Å². The van der Waals surface area contributed by atoms with E-state index in [2.05, 4.69) is 25.7 Å². The average molecular weight is 618 g/mol. The van der Waals surface area contributed by atoms with Crippen molar-refractivity contribution in [2.75, 3.05) is 19.6 Å². The summed E-state index contributed by atoms with van der Waals surface area (Å²) in [6.07, 6.45) is 43.6. The molecule has 0 aromatic carbocycles.